The minimum absolute atomic E-state index is 0.258. The smallest absolute Gasteiger partial charge is 0.197 e. The minimum atomic E-state index is -1.87. The molecule has 1 aliphatic heterocycles. The molecule has 0 radical (unpaired) electrons. The van der Waals surface area contributed by atoms with Gasteiger partial charge in [-0.2, -0.15) is 0 Å². The SMILES string of the molecule is Cc1ccc(CC2(O)CCN(C(F)CC(F)C(=O)c3ccccc3)CC2)cc1. The molecule has 1 saturated heterocycles. The van der Waals surface area contributed by atoms with Crippen molar-refractivity contribution in [1.82, 2.24) is 4.90 Å². The van der Waals surface area contributed by atoms with Crippen LogP contribution in [0, 0.1) is 6.92 Å². The normalized spacial score (nSPS) is 19.1. The van der Waals surface area contributed by atoms with Crippen molar-refractivity contribution in [3.05, 3.63) is 71.3 Å². The molecule has 1 aliphatic rings. The third kappa shape index (κ3) is 5.24. The number of carbonyl (C=O) groups is 1. The van der Waals surface area contributed by atoms with Gasteiger partial charge in [0.05, 0.1) is 5.60 Å². The van der Waals surface area contributed by atoms with E-state index in [1.807, 2.05) is 31.2 Å². The van der Waals surface area contributed by atoms with Gasteiger partial charge in [-0.15, -0.1) is 0 Å². The van der Waals surface area contributed by atoms with E-state index in [2.05, 4.69) is 0 Å². The van der Waals surface area contributed by atoms with E-state index >= 15 is 0 Å². The average molecular weight is 387 g/mol. The Labute approximate surface area is 165 Å². The summed E-state index contributed by atoms with van der Waals surface area (Å²) in [4.78, 5) is 13.6. The van der Waals surface area contributed by atoms with E-state index in [4.69, 9.17) is 0 Å². The zero-order valence-corrected chi connectivity index (χ0v) is 16.2. The fraction of sp³-hybridized carbons (Fsp3) is 0.435. The summed E-state index contributed by atoms with van der Waals surface area (Å²) in [7, 11) is 0. The molecule has 2 atom stereocenters. The van der Waals surface area contributed by atoms with Crippen LogP contribution < -0.4 is 0 Å². The highest BCUT2D eigenvalue weighted by atomic mass is 19.1. The second-order valence-corrected chi connectivity index (χ2v) is 7.79. The van der Waals surface area contributed by atoms with Crippen molar-refractivity contribution < 1.29 is 18.7 Å². The third-order valence-corrected chi connectivity index (χ3v) is 5.52. The molecule has 150 valence electrons. The van der Waals surface area contributed by atoms with Crippen molar-refractivity contribution in [2.75, 3.05) is 13.1 Å². The summed E-state index contributed by atoms with van der Waals surface area (Å²) >= 11 is 0. The summed E-state index contributed by atoms with van der Waals surface area (Å²) in [6.07, 6.45) is -2.52. The number of likely N-dealkylation sites (tertiary alicyclic amines) is 1. The average Bonchev–Trinajstić information content (AvgIpc) is 2.70. The topological polar surface area (TPSA) is 40.5 Å². The van der Waals surface area contributed by atoms with E-state index in [1.54, 1.807) is 18.2 Å². The van der Waals surface area contributed by atoms with Crippen LogP contribution in [0.15, 0.2) is 54.6 Å². The number of hydrogen-bond acceptors (Lipinski definition) is 3. The standard InChI is InChI=1S/C23H27F2NO2/c1-17-7-9-18(10-8-17)16-23(28)11-13-26(14-12-23)21(25)15-20(24)22(27)19-5-3-2-4-6-19/h2-10,20-21,28H,11-16H2,1H3. The predicted molar refractivity (Wildman–Crippen MR) is 106 cm³/mol. The number of nitrogens with zero attached hydrogens (tertiary/aromatic N) is 1. The summed E-state index contributed by atoms with van der Waals surface area (Å²) < 4.78 is 28.9. The summed E-state index contributed by atoms with van der Waals surface area (Å²) in [6.45, 7) is 2.70. The Kier molecular flexibility index (Phi) is 6.57. The van der Waals surface area contributed by atoms with Crippen molar-refractivity contribution in [2.24, 2.45) is 0 Å². The van der Waals surface area contributed by atoms with Crippen LogP contribution in [0.5, 0.6) is 0 Å². The molecule has 1 fully saturated rings. The first-order valence-electron chi connectivity index (χ1n) is 9.76. The van der Waals surface area contributed by atoms with Crippen LogP contribution in [-0.2, 0) is 6.42 Å². The number of hydrogen-bond donors (Lipinski definition) is 1. The summed E-state index contributed by atoms with van der Waals surface area (Å²) in [5, 5.41) is 10.8. The Morgan fingerprint density at radius 1 is 1.07 bits per heavy atom. The summed E-state index contributed by atoms with van der Waals surface area (Å²) in [5.41, 5.74) is 1.60. The molecule has 0 saturated carbocycles. The van der Waals surface area contributed by atoms with Crippen LogP contribution >= 0.6 is 0 Å². The highest BCUT2D eigenvalue weighted by Gasteiger charge is 2.36. The maximum atomic E-state index is 14.6. The second kappa shape index (κ2) is 8.93. The molecular formula is C23H27F2NO2. The maximum absolute atomic E-state index is 14.6. The number of ketones is 1. The molecule has 3 rings (SSSR count). The van der Waals surface area contributed by atoms with Gasteiger partial charge in [-0.05, 0) is 25.3 Å². The summed E-state index contributed by atoms with van der Waals surface area (Å²) in [6, 6.07) is 16.2. The van der Waals surface area contributed by atoms with Gasteiger partial charge in [0, 0.05) is 31.5 Å². The van der Waals surface area contributed by atoms with Gasteiger partial charge < -0.3 is 5.11 Å². The van der Waals surface area contributed by atoms with Gasteiger partial charge in [0.15, 0.2) is 18.3 Å². The highest BCUT2D eigenvalue weighted by molar-refractivity contribution is 5.99. The molecule has 0 aromatic heterocycles. The molecule has 28 heavy (non-hydrogen) atoms. The summed E-state index contributed by atoms with van der Waals surface area (Å²) in [5.74, 6) is -0.684. The molecule has 0 bridgehead atoms. The van der Waals surface area contributed by atoms with Gasteiger partial charge in [-0.25, -0.2) is 8.78 Å². The van der Waals surface area contributed by atoms with Gasteiger partial charge in [-0.1, -0.05) is 60.2 Å². The van der Waals surface area contributed by atoms with Gasteiger partial charge in [-0.3, -0.25) is 9.69 Å². The zero-order valence-electron chi connectivity index (χ0n) is 16.2. The largest absolute Gasteiger partial charge is 0.389 e. The number of carbonyl (C=O) groups excluding carboxylic acids is 1. The van der Waals surface area contributed by atoms with E-state index < -0.39 is 30.3 Å². The monoisotopic (exact) mass is 387 g/mol. The molecular weight excluding hydrogens is 360 g/mol. The predicted octanol–water partition coefficient (Wildman–Crippen LogP) is 4.27. The first-order chi connectivity index (χ1) is 13.4. The Hall–Kier alpha value is -2.11. The number of alkyl halides is 2. The van der Waals surface area contributed by atoms with Crippen molar-refractivity contribution in [3.8, 4) is 0 Å². The number of aryl methyl sites for hydroxylation is 1. The lowest BCUT2D eigenvalue weighted by Gasteiger charge is -2.39. The number of halogens is 2. The highest BCUT2D eigenvalue weighted by Crippen LogP contribution is 2.29. The quantitative estimate of drug-likeness (QED) is 0.570. The Morgan fingerprint density at radius 3 is 2.29 bits per heavy atom. The van der Waals surface area contributed by atoms with Crippen molar-refractivity contribution >= 4 is 5.78 Å². The van der Waals surface area contributed by atoms with E-state index in [0.29, 0.717) is 32.4 Å². The molecule has 1 N–H and O–H groups in total. The molecule has 2 aromatic carbocycles. The van der Waals surface area contributed by atoms with Crippen LogP contribution in [0.3, 0.4) is 0 Å². The Balaban J connectivity index is 1.51. The Bertz CT molecular complexity index is 771. The van der Waals surface area contributed by atoms with Crippen LogP contribution in [0.25, 0.3) is 0 Å². The number of Topliss-reactive ketones (excluding diaryl/α,β-unsaturated/α-hetero) is 1. The van der Waals surface area contributed by atoms with Gasteiger partial charge in [0.1, 0.15) is 0 Å². The number of aliphatic hydroxyl groups is 1. The van der Waals surface area contributed by atoms with E-state index in [1.165, 1.54) is 17.0 Å². The lowest BCUT2D eigenvalue weighted by atomic mass is 9.85. The maximum Gasteiger partial charge on any atom is 0.197 e. The first-order valence-corrected chi connectivity index (χ1v) is 9.76. The fourth-order valence-corrected chi connectivity index (χ4v) is 3.69. The number of rotatable bonds is 7. The van der Waals surface area contributed by atoms with Crippen molar-refractivity contribution in [2.45, 2.75) is 50.7 Å². The van der Waals surface area contributed by atoms with Crippen LogP contribution in [0.2, 0.25) is 0 Å². The first kappa shape index (κ1) is 20.6. The van der Waals surface area contributed by atoms with E-state index in [0.717, 1.165) is 11.1 Å². The molecule has 2 unspecified atom stereocenters. The van der Waals surface area contributed by atoms with E-state index in [9.17, 15) is 18.7 Å². The molecule has 1 heterocycles. The van der Waals surface area contributed by atoms with Crippen molar-refractivity contribution in [1.29, 1.82) is 0 Å². The molecule has 3 nitrogen and oxygen atoms in total. The fourth-order valence-electron chi connectivity index (χ4n) is 3.69. The zero-order chi connectivity index (χ0) is 20.1. The van der Waals surface area contributed by atoms with E-state index in [-0.39, 0.29) is 5.56 Å². The Morgan fingerprint density at radius 2 is 1.68 bits per heavy atom. The number of benzene rings is 2. The molecule has 5 heteroatoms. The second-order valence-electron chi connectivity index (χ2n) is 7.79. The third-order valence-electron chi connectivity index (χ3n) is 5.52. The van der Waals surface area contributed by atoms with Crippen molar-refractivity contribution in [3.63, 3.8) is 0 Å². The lowest BCUT2D eigenvalue weighted by molar-refractivity contribution is -0.0541. The molecule has 0 spiro atoms. The van der Waals surface area contributed by atoms with Gasteiger partial charge in [0.25, 0.3) is 0 Å². The molecule has 0 amide bonds. The minimum Gasteiger partial charge on any atom is -0.389 e. The van der Waals surface area contributed by atoms with Crippen LogP contribution in [0.4, 0.5) is 8.78 Å². The van der Waals surface area contributed by atoms with Crippen LogP contribution in [0.1, 0.15) is 40.7 Å². The van der Waals surface area contributed by atoms with Gasteiger partial charge in [0.2, 0.25) is 0 Å². The van der Waals surface area contributed by atoms with Gasteiger partial charge >= 0.3 is 0 Å². The lowest BCUT2D eigenvalue weighted by Crippen LogP contribution is -2.48. The van der Waals surface area contributed by atoms with Crippen LogP contribution in [-0.4, -0.2) is 46.9 Å². The number of piperidine rings is 1. The molecule has 2 aromatic rings. The molecule has 0 aliphatic carbocycles.